The first-order valence-corrected chi connectivity index (χ1v) is 6.32. The maximum Gasteiger partial charge on any atom is 0.171 e. The normalized spacial score (nSPS) is 21.1. The van der Waals surface area contributed by atoms with Gasteiger partial charge in [-0.2, -0.15) is 0 Å². The van der Waals surface area contributed by atoms with Crippen molar-refractivity contribution in [3.05, 3.63) is 17.4 Å². The molecule has 2 N–H and O–H groups in total. The Kier molecular flexibility index (Phi) is 4.07. The number of nitrogens with two attached hydrogens (primary N) is 1. The number of hydrogen-bond acceptors (Lipinski definition) is 4. The van der Waals surface area contributed by atoms with Crippen LogP contribution in [0.5, 0.6) is 5.75 Å². The summed E-state index contributed by atoms with van der Waals surface area (Å²) in [5.41, 5.74) is 7.15. The van der Waals surface area contributed by atoms with Crippen molar-refractivity contribution in [1.29, 1.82) is 0 Å². The number of nitrogens with zero attached hydrogens (tertiary/aromatic N) is 2. The number of aromatic nitrogens is 1. The van der Waals surface area contributed by atoms with E-state index in [1.165, 1.54) is 19.3 Å². The van der Waals surface area contributed by atoms with E-state index in [4.69, 9.17) is 22.1 Å². The van der Waals surface area contributed by atoms with E-state index in [0.29, 0.717) is 10.9 Å². The van der Waals surface area contributed by atoms with E-state index in [0.717, 1.165) is 18.7 Å². The predicted octanol–water partition coefficient (Wildman–Crippen LogP) is 2.41. The molecular formula is C12H18ClN3O. The molecule has 1 unspecified atom stereocenters. The number of hydrogen-bond donors (Lipinski definition) is 1. The molecule has 0 radical (unpaired) electrons. The van der Waals surface area contributed by atoms with Crippen LogP contribution in [0.25, 0.3) is 0 Å². The van der Waals surface area contributed by atoms with Crippen LogP contribution in [0.1, 0.15) is 25.7 Å². The monoisotopic (exact) mass is 255 g/mol. The third-order valence-corrected chi connectivity index (χ3v) is 3.43. The average Bonchev–Trinajstić information content (AvgIpc) is 2.55. The molecule has 0 amide bonds. The molecule has 17 heavy (non-hydrogen) atoms. The van der Waals surface area contributed by atoms with Crippen LogP contribution in [0.3, 0.4) is 0 Å². The maximum absolute atomic E-state index is 6.16. The molecule has 0 aromatic carbocycles. The molecular weight excluding hydrogens is 238 g/mol. The van der Waals surface area contributed by atoms with Gasteiger partial charge in [-0.3, -0.25) is 0 Å². The van der Waals surface area contributed by atoms with Crippen LogP contribution in [0, 0.1) is 0 Å². The Morgan fingerprint density at radius 3 is 3.06 bits per heavy atom. The van der Waals surface area contributed by atoms with Crippen LogP contribution < -0.4 is 15.4 Å². The molecule has 2 heterocycles. The first kappa shape index (κ1) is 12.5. The Morgan fingerprint density at radius 2 is 2.29 bits per heavy atom. The molecule has 2 rings (SSSR count). The van der Waals surface area contributed by atoms with Crippen molar-refractivity contribution in [2.24, 2.45) is 5.73 Å². The number of anilines is 1. The summed E-state index contributed by atoms with van der Waals surface area (Å²) < 4.78 is 5.18. The van der Waals surface area contributed by atoms with Crippen LogP contribution in [0.4, 0.5) is 5.69 Å². The van der Waals surface area contributed by atoms with Crippen molar-refractivity contribution >= 4 is 17.3 Å². The topological polar surface area (TPSA) is 51.4 Å². The summed E-state index contributed by atoms with van der Waals surface area (Å²) in [4.78, 5) is 6.31. The largest absolute Gasteiger partial charge is 0.493 e. The van der Waals surface area contributed by atoms with Crippen molar-refractivity contribution in [3.63, 3.8) is 0 Å². The highest BCUT2D eigenvalue weighted by molar-refractivity contribution is 6.30. The second kappa shape index (κ2) is 5.56. The minimum Gasteiger partial charge on any atom is -0.493 e. The molecule has 1 fully saturated rings. The van der Waals surface area contributed by atoms with Gasteiger partial charge in [-0.05, 0) is 19.3 Å². The van der Waals surface area contributed by atoms with Crippen molar-refractivity contribution in [2.75, 3.05) is 18.6 Å². The lowest BCUT2D eigenvalue weighted by atomic mass is 10.2. The van der Waals surface area contributed by atoms with E-state index in [1.54, 1.807) is 13.3 Å². The first-order valence-electron chi connectivity index (χ1n) is 5.94. The summed E-state index contributed by atoms with van der Waals surface area (Å²) in [5.74, 6) is 0.598. The maximum atomic E-state index is 6.16. The van der Waals surface area contributed by atoms with Gasteiger partial charge in [0.2, 0.25) is 0 Å². The average molecular weight is 256 g/mol. The number of halogens is 1. The molecule has 94 valence electrons. The lowest BCUT2D eigenvalue weighted by molar-refractivity contribution is 0.413. The van der Waals surface area contributed by atoms with Crippen LogP contribution in [0.2, 0.25) is 5.15 Å². The highest BCUT2D eigenvalue weighted by atomic mass is 35.5. The fraction of sp³-hybridized carbons (Fsp3) is 0.583. The molecule has 5 heteroatoms. The van der Waals surface area contributed by atoms with E-state index in [2.05, 4.69) is 9.88 Å². The first-order chi connectivity index (χ1) is 8.22. The lowest BCUT2D eigenvalue weighted by Gasteiger charge is -2.29. The summed E-state index contributed by atoms with van der Waals surface area (Å²) in [7, 11) is 1.59. The van der Waals surface area contributed by atoms with Gasteiger partial charge >= 0.3 is 0 Å². The van der Waals surface area contributed by atoms with Crippen molar-refractivity contribution in [3.8, 4) is 5.75 Å². The van der Waals surface area contributed by atoms with Crippen molar-refractivity contribution in [2.45, 2.75) is 31.8 Å². The molecule has 1 atom stereocenters. The molecule has 0 bridgehead atoms. The fourth-order valence-corrected chi connectivity index (χ4v) is 2.35. The lowest BCUT2D eigenvalue weighted by Crippen LogP contribution is -2.41. The highest BCUT2D eigenvalue weighted by Crippen LogP contribution is 2.29. The third-order valence-electron chi connectivity index (χ3n) is 3.14. The Labute approximate surface area is 107 Å². The minimum atomic E-state index is 0.0604. The second-order valence-corrected chi connectivity index (χ2v) is 4.65. The Hall–Kier alpha value is -1.00. The van der Waals surface area contributed by atoms with Gasteiger partial charge in [-0.15, -0.1) is 0 Å². The van der Waals surface area contributed by atoms with Gasteiger partial charge in [-0.1, -0.05) is 18.0 Å². The zero-order chi connectivity index (χ0) is 12.3. The zero-order valence-corrected chi connectivity index (χ0v) is 10.8. The van der Waals surface area contributed by atoms with Crippen molar-refractivity contribution in [1.82, 2.24) is 4.98 Å². The SMILES string of the molecule is COc1cc(N2CCCCCC2N)cnc1Cl. The number of rotatable bonds is 2. The quantitative estimate of drug-likeness (QED) is 0.825. The summed E-state index contributed by atoms with van der Waals surface area (Å²) in [6.07, 6.45) is 6.43. The number of pyridine rings is 1. The molecule has 1 aromatic rings. The molecule has 4 nitrogen and oxygen atoms in total. The van der Waals surface area contributed by atoms with Gasteiger partial charge < -0.3 is 15.4 Å². The van der Waals surface area contributed by atoms with Crippen molar-refractivity contribution < 1.29 is 4.74 Å². The fourth-order valence-electron chi connectivity index (χ4n) is 2.17. The van der Waals surface area contributed by atoms with Crippen LogP contribution in [-0.2, 0) is 0 Å². The minimum absolute atomic E-state index is 0.0604. The Bertz CT molecular complexity index is 386. The van der Waals surface area contributed by atoms with E-state index in [1.807, 2.05) is 6.07 Å². The van der Waals surface area contributed by atoms with E-state index < -0.39 is 0 Å². The van der Waals surface area contributed by atoms with E-state index in [9.17, 15) is 0 Å². The molecule has 1 aliphatic rings. The zero-order valence-electron chi connectivity index (χ0n) is 10.0. The van der Waals surface area contributed by atoms with Crippen LogP contribution >= 0.6 is 11.6 Å². The van der Waals surface area contributed by atoms with Gasteiger partial charge in [0.15, 0.2) is 10.9 Å². The van der Waals surface area contributed by atoms with Gasteiger partial charge in [-0.25, -0.2) is 4.98 Å². The molecule has 1 aliphatic heterocycles. The Balaban J connectivity index is 2.25. The standard InChI is InChI=1S/C12H18ClN3O/c1-17-10-7-9(8-15-12(10)13)16-6-4-2-3-5-11(16)14/h7-8,11H,2-6,14H2,1H3. The van der Waals surface area contributed by atoms with Crippen LogP contribution in [-0.4, -0.2) is 24.8 Å². The van der Waals surface area contributed by atoms with Crippen LogP contribution in [0.15, 0.2) is 12.3 Å². The second-order valence-electron chi connectivity index (χ2n) is 4.30. The highest BCUT2D eigenvalue weighted by Gasteiger charge is 2.19. The summed E-state index contributed by atoms with van der Waals surface area (Å²) >= 11 is 5.92. The summed E-state index contributed by atoms with van der Waals surface area (Å²) in [5, 5.41) is 0.389. The third kappa shape index (κ3) is 2.82. The number of methoxy groups -OCH3 is 1. The summed E-state index contributed by atoms with van der Waals surface area (Å²) in [6, 6.07) is 1.90. The van der Waals surface area contributed by atoms with Gasteiger partial charge in [0.25, 0.3) is 0 Å². The molecule has 0 spiro atoms. The van der Waals surface area contributed by atoms with Gasteiger partial charge in [0.1, 0.15) is 0 Å². The summed E-state index contributed by atoms with van der Waals surface area (Å²) in [6.45, 7) is 0.966. The Morgan fingerprint density at radius 1 is 1.47 bits per heavy atom. The molecule has 0 aliphatic carbocycles. The van der Waals surface area contributed by atoms with Gasteiger partial charge in [0, 0.05) is 12.6 Å². The number of ether oxygens (including phenoxy) is 1. The molecule has 1 aromatic heterocycles. The van der Waals surface area contributed by atoms with Gasteiger partial charge in [0.05, 0.1) is 25.2 Å². The van der Waals surface area contributed by atoms with E-state index >= 15 is 0 Å². The predicted molar refractivity (Wildman–Crippen MR) is 69.6 cm³/mol. The van der Waals surface area contributed by atoms with E-state index in [-0.39, 0.29) is 6.17 Å². The smallest absolute Gasteiger partial charge is 0.171 e. The molecule has 1 saturated heterocycles. The molecule has 0 saturated carbocycles.